The summed E-state index contributed by atoms with van der Waals surface area (Å²) in [6, 6.07) is 9.94. The van der Waals surface area contributed by atoms with Crippen molar-refractivity contribution in [3.05, 3.63) is 42.2 Å². The van der Waals surface area contributed by atoms with Crippen molar-refractivity contribution in [1.82, 2.24) is 25.2 Å². The van der Waals surface area contributed by atoms with Gasteiger partial charge in [-0.2, -0.15) is 0 Å². The highest BCUT2D eigenvalue weighted by atomic mass is 15.4. The van der Waals surface area contributed by atoms with Gasteiger partial charge in [0.1, 0.15) is 5.69 Å². The molecule has 1 N–H and O–H groups in total. The number of hydrogen-bond acceptors (Lipinski definition) is 4. The van der Waals surface area contributed by atoms with Crippen molar-refractivity contribution in [2.45, 2.75) is 0 Å². The maximum atomic E-state index is 4.09. The number of nitrogens with one attached hydrogen (secondary N) is 1. The Labute approximate surface area is 118 Å². The number of para-hydroxylation sites is 1. The second kappa shape index (κ2) is 6.33. The van der Waals surface area contributed by atoms with E-state index in [0.29, 0.717) is 0 Å². The summed E-state index contributed by atoms with van der Waals surface area (Å²) >= 11 is 0. The molecule has 102 valence electrons. The van der Waals surface area contributed by atoms with Crippen LogP contribution in [0, 0.1) is 11.8 Å². The summed E-state index contributed by atoms with van der Waals surface area (Å²) in [6.45, 7) is 5.01. The first kappa shape index (κ1) is 12.9. The van der Waals surface area contributed by atoms with Gasteiger partial charge in [-0.1, -0.05) is 29.3 Å². The molecule has 3 rings (SSSR count). The Morgan fingerprint density at radius 1 is 1.15 bits per heavy atom. The second-order valence-electron chi connectivity index (χ2n) is 4.69. The number of nitrogens with zero attached hydrogens (tertiary/aromatic N) is 4. The van der Waals surface area contributed by atoms with Crippen molar-refractivity contribution in [3.63, 3.8) is 0 Å². The molecule has 0 bridgehead atoms. The maximum Gasteiger partial charge on any atom is 0.137 e. The lowest BCUT2D eigenvalue weighted by Gasteiger charge is -2.24. The standard InChI is InChI=1S/C15H17N5/c1-2-5-14(6-3-1)20-15(13-17-18-20)7-4-10-19-11-8-16-9-12-19/h1-3,5-6,13,16H,8-12H2. The average Bonchev–Trinajstić information content (AvgIpc) is 2.98. The van der Waals surface area contributed by atoms with Gasteiger partial charge in [0.15, 0.2) is 0 Å². The highest BCUT2D eigenvalue weighted by molar-refractivity contribution is 5.37. The molecule has 0 atom stereocenters. The van der Waals surface area contributed by atoms with Gasteiger partial charge in [-0.15, -0.1) is 5.10 Å². The summed E-state index contributed by atoms with van der Waals surface area (Å²) in [7, 11) is 0. The van der Waals surface area contributed by atoms with Gasteiger partial charge in [-0.05, 0) is 18.1 Å². The van der Waals surface area contributed by atoms with Gasteiger partial charge in [-0.3, -0.25) is 4.90 Å². The van der Waals surface area contributed by atoms with E-state index in [2.05, 4.69) is 32.4 Å². The summed E-state index contributed by atoms with van der Waals surface area (Å²) in [5.74, 6) is 6.38. The minimum Gasteiger partial charge on any atom is -0.314 e. The summed E-state index contributed by atoms with van der Waals surface area (Å²) < 4.78 is 1.77. The van der Waals surface area contributed by atoms with Crippen LogP contribution in [0.15, 0.2) is 36.5 Å². The minimum atomic E-state index is 0.793. The van der Waals surface area contributed by atoms with Crippen molar-refractivity contribution in [2.24, 2.45) is 0 Å². The van der Waals surface area contributed by atoms with Gasteiger partial charge in [-0.25, -0.2) is 4.68 Å². The molecule has 5 heteroatoms. The Kier molecular flexibility index (Phi) is 4.07. The summed E-state index contributed by atoms with van der Waals surface area (Å²) in [5, 5.41) is 11.4. The van der Waals surface area contributed by atoms with Crippen LogP contribution in [0.2, 0.25) is 0 Å². The second-order valence-corrected chi connectivity index (χ2v) is 4.69. The van der Waals surface area contributed by atoms with Crippen LogP contribution < -0.4 is 5.32 Å². The van der Waals surface area contributed by atoms with Crippen molar-refractivity contribution in [2.75, 3.05) is 32.7 Å². The molecule has 0 unspecified atom stereocenters. The first-order valence-corrected chi connectivity index (χ1v) is 6.81. The topological polar surface area (TPSA) is 46.0 Å². The van der Waals surface area contributed by atoms with E-state index < -0.39 is 0 Å². The van der Waals surface area contributed by atoms with E-state index in [4.69, 9.17) is 0 Å². The van der Waals surface area contributed by atoms with Crippen molar-refractivity contribution >= 4 is 0 Å². The molecule has 0 radical (unpaired) electrons. The molecular formula is C15H17N5. The zero-order valence-electron chi connectivity index (χ0n) is 11.3. The largest absolute Gasteiger partial charge is 0.314 e. The van der Waals surface area contributed by atoms with Gasteiger partial charge in [0, 0.05) is 26.2 Å². The maximum absolute atomic E-state index is 4.09. The number of aromatic nitrogens is 3. The Morgan fingerprint density at radius 2 is 1.95 bits per heavy atom. The molecule has 1 aliphatic rings. The molecular weight excluding hydrogens is 250 g/mol. The van der Waals surface area contributed by atoms with E-state index in [0.717, 1.165) is 44.1 Å². The fourth-order valence-electron chi connectivity index (χ4n) is 2.19. The summed E-state index contributed by atoms with van der Waals surface area (Å²) in [4.78, 5) is 2.35. The Bertz CT molecular complexity index is 602. The Hall–Kier alpha value is -2.16. The molecule has 2 aromatic rings. The third-order valence-electron chi connectivity index (χ3n) is 3.28. The quantitative estimate of drug-likeness (QED) is 0.806. The van der Waals surface area contributed by atoms with Crippen molar-refractivity contribution in [3.8, 4) is 17.5 Å². The summed E-state index contributed by atoms with van der Waals surface area (Å²) in [6.07, 6.45) is 1.71. The first-order valence-electron chi connectivity index (χ1n) is 6.81. The Morgan fingerprint density at radius 3 is 2.75 bits per heavy atom. The van der Waals surface area contributed by atoms with Crippen LogP contribution in [-0.4, -0.2) is 52.6 Å². The molecule has 1 fully saturated rings. The molecule has 2 heterocycles. The third kappa shape index (κ3) is 3.05. The average molecular weight is 267 g/mol. The number of hydrogen-bond donors (Lipinski definition) is 1. The van der Waals surface area contributed by atoms with Crippen LogP contribution in [-0.2, 0) is 0 Å². The lowest BCUT2D eigenvalue weighted by molar-refractivity contribution is 0.268. The lowest BCUT2D eigenvalue weighted by Crippen LogP contribution is -2.43. The molecule has 5 nitrogen and oxygen atoms in total. The molecule has 20 heavy (non-hydrogen) atoms. The van der Waals surface area contributed by atoms with Gasteiger partial charge in [0.2, 0.25) is 0 Å². The van der Waals surface area contributed by atoms with E-state index in [1.807, 2.05) is 30.3 Å². The highest BCUT2D eigenvalue weighted by Gasteiger charge is 2.07. The molecule has 1 aliphatic heterocycles. The predicted molar refractivity (Wildman–Crippen MR) is 77.5 cm³/mol. The van der Waals surface area contributed by atoms with E-state index in [9.17, 15) is 0 Å². The first-order chi connectivity index (χ1) is 9.93. The van der Waals surface area contributed by atoms with Crippen LogP contribution in [0.5, 0.6) is 0 Å². The zero-order valence-corrected chi connectivity index (χ0v) is 11.3. The predicted octanol–water partition coefficient (Wildman–Crippen LogP) is 0.524. The van der Waals surface area contributed by atoms with Gasteiger partial charge < -0.3 is 5.32 Å². The van der Waals surface area contributed by atoms with E-state index in [-0.39, 0.29) is 0 Å². The molecule has 1 aromatic heterocycles. The fourth-order valence-corrected chi connectivity index (χ4v) is 2.19. The zero-order chi connectivity index (χ0) is 13.6. The molecule has 1 aromatic carbocycles. The van der Waals surface area contributed by atoms with Crippen LogP contribution in [0.1, 0.15) is 5.69 Å². The van der Waals surface area contributed by atoms with Crippen molar-refractivity contribution < 1.29 is 0 Å². The lowest BCUT2D eigenvalue weighted by atomic mass is 10.3. The molecule has 0 aliphatic carbocycles. The van der Waals surface area contributed by atoms with Gasteiger partial charge in [0.25, 0.3) is 0 Å². The van der Waals surface area contributed by atoms with Crippen LogP contribution in [0.4, 0.5) is 0 Å². The molecule has 0 spiro atoms. The van der Waals surface area contributed by atoms with Gasteiger partial charge >= 0.3 is 0 Å². The monoisotopic (exact) mass is 267 g/mol. The molecule has 0 amide bonds. The van der Waals surface area contributed by atoms with Crippen LogP contribution >= 0.6 is 0 Å². The SMILES string of the molecule is C(#Cc1cnnn1-c1ccccc1)CN1CCNCC1. The molecule has 1 saturated heterocycles. The van der Waals surface area contributed by atoms with Crippen LogP contribution in [0.25, 0.3) is 5.69 Å². The highest BCUT2D eigenvalue weighted by Crippen LogP contribution is 2.07. The Balaban J connectivity index is 1.71. The minimum absolute atomic E-state index is 0.793. The third-order valence-corrected chi connectivity index (χ3v) is 3.28. The number of piperazine rings is 1. The van der Waals surface area contributed by atoms with E-state index >= 15 is 0 Å². The normalized spacial score (nSPS) is 15.6. The van der Waals surface area contributed by atoms with E-state index in [1.54, 1.807) is 10.9 Å². The smallest absolute Gasteiger partial charge is 0.137 e. The fraction of sp³-hybridized carbons (Fsp3) is 0.333. The van der Waals surface area contributed by atoms with Crippen molar-refractivity contribution in [1.29, 1.82) is 0 Å². The van der Waals surface area contributed by atoms with Crippen LogP contribution in [0.3, 0.4) is 0 Å². The number of rotatable bonds is 2. The molecule has 0 saturated carbocycles. The van der Waals surface area contributed by atoms with E-state index in [1.165, 1.54) is 0 Å². The van der Waals surface area contributed by atoms with Gasteiger partial charge in [0.05, 0.1) is 18.4 Å². The summed E-state index contributed by atoms with van der Waals surface area (Å²) in [5.41, 5.74) is 1.81. The number of benzene rings is 1.